The van der Waals surface area contributed by atoms with E-state index in [1.165, 1.54) is 0 Å². The highest BCUT2D eigenvalue weighted by atomic mass is 16.4. The van der Waals surface area contributed by atoms with Crippen LogP contribution in [-0.2, 0) is 4.79 Å². The summed E-state index contributed by atoms with van der Waals surface area (Å²) in [5, 5.41) is 12.1. The van der Waals surface area contributed by atoms with Gasteiger partial charge >= 0.3 is 5.97 Å². The van der Waals surface area contributed by atoms with Crippen molar-refractivity contribution in [3.05, 3.63) is 17.5 Å². The number of hydrogen-bond donors (Lipinski definition) is 2. The zero-order valence-corrected chi connectivity index (χ0v) is 12.3. The first-order valence-corrected chi connectivity index (χ1v) is 6.64. The van der Waals surface area contributed by atoms with Gasteiger partial charge in [-0.2, -0.15) is 0 Å². The fraction of sp³-hybridized carbons (Fsp3) is 0.643. The molecule has 0 aromatic carbocycles. The van der Waals surface area contributed by atoms with E-state index in [2.05, 4.69) is 15.3 Å². The molecule has 0 radical (unpaired) electrons. The summed E-state index contributed by atoms with van der Waals surface area (Å²) in [6.07, 6.45) is 0.545. The summed E-state index contributed by atoms with van der Waals surface area (Å²) in [6, 6.07) is 1.27. The molecule has 5 nitrogen and oxygen atoms in total. The Balaban J connectivity index is 2.92. The van der Waals surface area contributed by atoms with Crippen molar-refractivity contribution in [3.8, 4) is 0 Å². The van der Waals surface area contributed by atoms with E-state index in [0.29, 0.717) is 18.3 Å². The van der Waals surface area contributed by atoms with Gasteiger partial charge in [-0.1, -0.05) is 27.7 Å². The number of nitrogens with one attached hydrogen (secondary N) is 1. The number of carbonyl (C=O) groups is 1. The number of aryl methyl sites for hydroxylation is 1. The molecule has 2 N–H and O–H groups in total. The third-order valence-electron chi connectivity index (χ3n) is 2.77. The van der Waals surface area contributed by atoms with E-state index < -0.39 is 12.0 Å². The fourth-order valence-corrected chi connectivity index (χ4v) is 1.80. The predicted molar refractivity (Wildman–Crippen MR) is 75.4 cm³/mol. The molecule has 0 aliphatic rings. The van der Waals surface area contributed by atoms with Gasteiger partial charge < -0.3 is 10.4 Å². The lowest BCUT2D eigenvalue weighted by Gasteiger charge is -2.17. The van der Waals surface area contributed by atoms with E-state index in [9.17, 15) is 9.90 Å². The molecule has 0 saturated carbocycles. The van der Waals surface area contributed by atoms with E-state index in [0.717, 1.165) is 11.4 Å². The maximum Gasteiger partial charge on any atom is 0.326 e. The van der Waals surface area contributed by atoms with Crippen LogP contribution in [0.4, 0.5) is 5.95 Å². The lowest BCUT2D eigenvalue weighted by molar-refractivity contribution is -0.138. The maximum absolute atomic E-state index is 11.2. The molecule has 5 heteroatoms. The highest BCUT2D eigenvalue weighted by Crippen LogP contribution is 2.16. The number of aromatic nitrogens is 2. The summed E-state index contributed by atoms with van der Waals surface area (Å²) in [6.45, 7) is 9.97. The number of anilines is 1. The van der Waals surface area contributed by atoms with Crippen LogP contribution >= 0.6 is 0 Å². The van der Waals surface area contributed by atoms with Crippen molar-refractivity contribution in [3.63, 3.8) is 0 Å². The minimum atomic E-state index is -0.870. The lowest BCUT2D eigenvalue weighted by atomic mass is 10.0. The highest BCUT2D eigenvalue weighted by Gasteiger charge is 2.20. The van der Waals surface area contributed by atoms with Crippen molar-refractivity contribution in [2.45, 2.75) is 53.0 Å². The van der Waals surface area contributed by atoms with Crippen molar-refractivity contribution in [1.82, 2.24) is 9.97 Å². The van der Waals surface area contributed by atoms with Gasteiger partial charge in [0.1, 0.15) is 6.04 Å². The minimum absolute atomic E-state index is 0.288. The molecule has 1 rings (SSSR count). The molecule has 0 spiro atoms. The quantitative estimate of drug-likeness (QED) is 0.827. The van der Waals surface area contributed by atoms with Crippen molar-refractivity contribution >= 4 is 11.9 Å². The first kappa shape index (κ1) is 15.4. The molecule has 1 aromatic rings. The SMILES string of the molecule is Cc1cc(C(C)C)nc(NC(CC(C)C)C(=O)O)n1. The molecule has 0 aliphatic carbocycles. The normalized spacial score (nSPS) is 12.8. The number of rotatable bonds is 6. The van der Waals surface area contributed by atoms with E-state index in [4.69, 9.17) is 0 Å². The first-order valence-electron chi connectivity index (χ1n) is 6.64. The largest absolute Gasteiger partial charge is 0.480 e. The maximum atomic E-state index is 11.2. The molecule has 1 atom stereocenters. The Morgan fingerprint density at radius 1 is 1.32 bits per heavy atom. The summed E-state index contributed by atoms with van der Waals surface area (Å²) in [5.41, 5.74) is 1.76. The molecule has 0 aliphatic heterocycles. The third kappa shape index (κ3) is 4.85. The molecule has 0 amide bonds. The zero-order chi connectivity index (χ0) is 14.6. The molecule has 19 heavy (non-hydrogen) atoms. The number of aliphatic carboxylic acids is 1. The predicted octanol–water partition coefficient (Wildman–Crippen LogP) is 2.82. The number of nitrogens with zero attached hydrogens (tertiary/aromatic N) is 2. The van der Waals surface area contributed by atoms with Crippen LogP contribution in [0.3, 0.4) is 0 Å². The molecule has 106 valence electrons. The number of hydrogen-bond acceptors (Lipinski definition) is 4. The van der Waals surface area contributed by atoms with Gasteiger partial charge in [-0.05, 0) is 31.2 Å². The van der Waals surface area contributed by atoms with Gasteiger partial charge in [0.15, 0.2) is 0 Å². The van der Waals surface area contributed by atoms with Crippen molar-refractivity contribution in [2.24, 2.45) is 5.92 Å². The van der Waals surface area contributed by atoms with Crippen LogP contribution in [0, 0.1) is 12.8 Å². The summed E-state index contributed by atoms with van der Waals surface area (Å²) in [5.74, 6) is 0.111. The van der Waals surface area contributed by atoms with Gasteiger partial charge in [-0.3, -0.25) is 0 Å². The molecular formula is C14H23N3O2. The van der Waals surface area contributed by atoms with Gasteiger partial charge in [0, 0.05) is 11.4 Å². The van der Waals surface area contributed by atoms with Gasteiger partial charge in [-0.15, -0.1) is 0 Å². The second kappa shape index (κ2) is 6.50. The average molecular weight is 265 g/mol. The van der Waals surface area contributed by atoms with Crippen molar-refractivity contribution in [1.29, 1.82) is 0 Å². The second-order valence-electron chi connectivity index (χ2n) is 5.58. The van der Waals surface area contributed by atoms with Crippen LogP contribution in [0.1, 0.15) is 51.4 Å². The van der Waals surface area contributed by atoms with E-state index in [-0.39, 0.29) is 5.92 Å². The zero-order valence-electron chi connectivity index (χ0n) is 12.3. The van der Waals surface area contributed by atoms with Crippen LogP contribution in [0.15, 0.2) is 6.07 Å². The Morgan fingerprint density at radius 2 is 1.95 bits per heavy atom. The first-order chi connectivity index (χ1) is 8.79. The summed E-state index contributed by atoms with van der Waals surface area (Å²) in [4.78, 5) is 19.9. The Hall–Kier alpha value is -1.65. The molecule has 1 unspecified atom stereocenters. The van der Waals surface area contributed by atoms with Crippen LogP contribution in [0.5, 0.6) is 0 Å². The van der Waals surface area contributed by atoms with Crippen LogP contribution in [0.25, 0.3) is 0 Å². The smallest absolute Gasteiger partial charge is 0.326 e. The lowest BCUT2D eigenvalue weighted by Crippen LogP contribution is -2.31. The standard InChI is InChI=1S/C14H23N3O2/c1-8(2)6-12(13(18)19)17-14-15-10(5)7-11(16-14)9(3)4/h7-9,12H,6H2,1-5H3,(H,18,19)(H,15,16,17). The topological polar surface area (TPSA) is 75.1 Å². The molecule has 1 heterocycles. The Morgan fingerprint density at radius 3 is 2.42 bits per heavy atom. The third-order valence-corrected chi connectivity index (χ3v) is 2.77. The summed E-state index contributed by atoms with van der Waals surface area (Å²) in [7, 11) is 0. The molecular weight excluding hydrogens is 242 g/mol. The van der Waals surface area contributed by atoms with Gasteiger partial charge in [0.05, 0.1) is 0 Å². The molecule has 0 saturated heterocycles. The molecule has 0 fully saturated rings. The van der Waals surface area contributed by atoms with E-state index >= 15 is 0 Å². The van der Waals surface area contributed by atoms with E-state index in [1.807, 2.05) is 40.7 Å². The Labute approximate surface area is 114 Å². The van der Waals surface area contributed by atoms with Crippen molar-refractivity contribution in [2.75, 3.05) is 5.32 Å². The van der Waals surface area contributed by atoms with Gasteiger partial charge in [0.2, 0.25) is 5.95 Å². The molecule has 0 bridgehead atoms. The van der Waals surface area contributed by atoms with E-state index in [1.54, 1.807) is 0 Å². The van der Waals surface area contributed by atoms with Crippen LogP contribution < -0.4 is 5.32 Å². The Bertz CT molecular complexity index is 444. The van der Waals surface area contributed by atoms with Crippen LogP contribution in [0.2, 0.25) is 0 Å². The van der Waals surface area contributed by atoms with Gasteiger partial charge in [0.25, 0.3) is 0 Å². The summed E-state index contributed by atoms with van der Waals surface area (Å²) >= 11 is 0. The molecule has 1 aromatic heterocycles. The van der Waals surface area contributed by atoms with Crippen molar-refractivity contribution < 1.29 is 9.90 Å². The second-order valence-corrected chi connectivity index (χ2v) is 5.58. The monoisotopic (exact) mass is 265 g/mol. The number of carboxylic acids is 1. The van der Waals surface area contributed by atoms with Gasteiger partial charge in [-0.25, -0.2) is 14.8 Å². The summed E-state index contributed by atoms with van der Waals surface area (Å²) < 4.78 is 0. The van der Waals surface area contributed by atoms with Crippen LogP contribution in [-0.4, -0.2) is 27.1 Å². The fourth-order valence-electron chi connectivity index (χ4n) is 1.80. The minimum Gasteiger partial charge on any atom is -0.480 e. The average Bonchev–Trinajstić information content (AvgIpc) is 2.26. The number of carboxylic acid groups (broad SMARTS) is 1. The highest BCUT2D eigenvalue weighted by molar-refractivity contribution is 5.76. The Kier molecular flexibility index (Phi) is 5.27.